The molecule has 1 aromatic heterocycles. The van der Waals surface area contributed by atoms with Crippen LogP contribution in [-0.4, -0.2) is 23.4 Å². The Balaban J connectivity index is 2.09. The van der Waals surface area contributed by atoms with Crippen LogP contribution in [0.5, 0.6) is 0 Å². The Kier molecular flexibility index (Phi) is 4.00. The summed E-state index contributed by atoms with van der Waals surface area (Å²) in [6.45, 7) is 5.01. The predicted octanol–water partition coefficient (Wildman–Crippen LogP) is 3.55. The Morgan fingerprint density at radius 1 is 1.65 bits per heavy atom. The van der Waals surface area contributed by atoms with E-state index in [0.717, 1.165) is 36.3 Å². The Labute approximate surface area is 107 Å². The predicted molar refractivity (Wildman–Crippen MR) is 73.0 cm³/mol. The lowest BCUT2D eigenvalue weighted by atomic mass is 10.1. The van der Waals surface area contributed by atoms with Gasteiger partial charge in [0.1, 0.15) is 0 Å². The summed E-state index contributed by atoms with van der Waals surface area (Å²) < 4.78 is 0. The third-order valence-electron chi connectivity index (χ3n) is 3.35. The first-order valence-corrected chi connectivity index (χ1v) is 7.13. The maximum absolute atomic E-state index is 12.3. The van der Waals surface area contributed by atoms with Gasteiger partial charge in [0.05, 0.1) is 0 Å². The molecule has 1 unspecified atom stereocenters. The molecule has 0 bridgehead atoms. The van der Waals surface area contributed by atoms with Gasteiger partial charge in [-0.05, 0) is 43.7 Å². The molecule has 1 aliphatic heterocycles. The summed E-state index contributed by atoms with van der Waals surface area (Å²) in [4.78, 5) is 15.5. The molecule has 0 aliphatic carbocycles. The summed E-state index contributed by atoms with van der Waals surface area (Å²) in [5.74, 6) is 0.211. The number of hydrogen-bond acceptors (Lipinski definition) is 2. The molecule has 1 amide bonds. The normalized spacial score (nSPS) is 20.9. The zero-order valence-corrected chi connectivity index (χ0v) is 11.3. The molecule has 17 heavy (non-hydrogen) atoms. The van der Waals surface area contributed by atoms with E-state index in [1.165, 1.54) is 0 Å². The fourth-order valence-corrected chi connectivity index (χ4v) is 3.12. The van der Waals surface area contributed by atoms with Gasteiger partial charge in [-0.25, -0.2) is 0 Å². The highest BCUT2D eigenvalue weighted by Crippen LogP contribution is 2.23. The molecule has 1 saturated heterocycles. The van der Waals surface area contributed by atoms with Crippen LogP contribution in [0.2, 0.25) is 0 Å². The smallest absolute Gasteiger partial charge is 0.249 e. The summed E-state index contributed by atoms with van der Waals surface area (Å²) in [6.07, 6.45) is 5.38. The van der Waals surface area contributed by atoms with Crippen LogP contribution in [-0.2, 0) is 4.79 Å². The Hall–Kier alpha value is -1.09. The molecule has 2 rings (SSSR count). The number of rotatable bonds is 3. The Morgan fingerprint density at radius 2 is 2.47 bits per heavy atom. The molecule has 1 aromatic rings. The van der Waals surface area contributed by atoms with Crippen molar-refractivity contribution in [2.75, 3.05) is 6.54 Å². The van der Waals surface area contributed by atoms with Crippen LogP contribution in [0.25, 0.3) is 6.08 Å². The van der Waals surface area contributed by atoms with Crippen LogP contribution < -0.4 is 0 Å². The van der Waals surface area contributed by atoms with Crippen LogP contribution in [0.4, 0.5) is 0 Å². The third kappa shape index (κ3) is 2.78. The van der Waals surface area contributed by atoms with E-state index in [-0.39, 0.29) is 5.91 Å². The second-order valence-corrected chi connectivity index (χ2v) is 5.52. The van der Waals surface area contributed by atoms with Gasteiger partial charge < -0.3 is 4.90 Å². The minimum absolute atomic E-state index is 0.211. The van der Waals surface area contributed by atoms with Gasteiger partial charge in [0.2, 0.25) is 5.91 Å². The highest BCUT2D eigenvalue weighted by Gasteiger charge is 2.27. The molecule has 1 fully saturated rings. The first-order chi connectivity index (χ1) is 8.22. The van der Waals surface area contributed by atoms with Crippen LogP contribution in [0, 0.1) is 0 Å². The fraction of sp³-hybridized carbons (Fsp3) is 0.500. The largest absolute Gasteiger partial charge is 0.336 e. The topological polar surface area (TPSA) is 20.3 Å². The van der Waals surface area contributed by atoms with Crippen molar-refractivity contribution >= 4 is 23.3 Å². The van der Waals surface area contributed by atoms with E-state index in [9.17, 15) is 4.79 Å². The summed E-state index contributed by atoms with van der Waals surface area (Å²) >= 11 is 1.67. The van der Waals surface area contributed by atoms with Gasteiger partial charge in [-0.1, -0.05) is 13.0 Å². The molecule has 0 spiro atoms. The molecule has 2 nitrogen and oxygen atoms in total. The standard InChI is InChI=1S/C14H19NOS/c1-3-12-6-4-8-15(12)14(16)11(2)10-13-7-5-9-17-13/h5,7,9-10,12H,3-4,6,8H2,1-2H3/b11-10+. The lowest BCUT2D eigenvalue weighted by Crippen LogP contribution is -2.35. The number of carbonyl (C=O) groups is 1. The van der Waals surface area contributed by atoms with Gasteiger partial charge >= 0.3 is 0 Å². The van der Waals surface area contributed by atoms with Gasteiger partial charge in [-0.2, -0.15) is 0 Å². The molecule has 92 valence electrons. The van der Waals surface area contributed by atoms with E-state index in [1.54, 1.807) is 11.3 Å². The first kappa shape index (κ1) is 12.4. The molecule has 0 aromatic carbocycles. The molecule has 0 radical (unpaired) electrons. The average molecular weight is 249 g/mol. The lowest BCUT2D eigenvalue weighted by molar-refractivity contribution is -0.127. The maximum atomic E-state index is 12.3. The highest BCUT2D eigenvalue weighted by molar-refractivity contribution is 7.10. The number of amides is 1. The van der Waals surface area contributed by atoms with Crippen molar-refractivity contribution in [1.82, 2.24) is 4.90 Å². The number of hydrogen-bond donors (Lipinski definition) is 0. The molecular formula is C14H19NOS. The van der Waals surface area contributed by atoms with Crippen molar-refractivity contribution in [3.8, 4) is 0 Å². The van der Waals surface area contributed by atoms with E-state index < -0.39 is 0 Å². The lowest BCUT2D eigenvalue weighted by Gasteiger charge is -2.23. The van der Waals surface area contributed by atoms with Crippen LogP contribution in [0.15, 0.2) is 23.1 Å². The van der Waals surface area contributed by atoms with Crippen molar-refractivity contribution in [1.29, 1.82) is 0 Å². The Bertz CT molecular complexity index is 408. The van der Waals surface area contributed by atoms with E-state index in [0.29, 0.717) is 6.04 Å². The molecule has 2 heterocycles. The van der Waals surface area contributed by atoms with E-state index in [2.05, 4.69) is 6.92 Å². The number of thiophene rings is 1. The third-order valence-corrected chi connectivity index (χ3v) is 4.17. The summed E-state index contributed by atoms with van der Waals surface area (Å²) in [5.41, 5.74) is 0.854. The zero-order valence-electron chi connectivity index (χ0n) is 10.5. The zero-order chi connectivity index (χ0) is 12.3. The van der Waals surface area contributed by atoms with Crippen LogP contribution in [0.1, 0.15) is 38.0 Å². The van der Waals surface area contributed by atoms with Crippen molar-refractivity contribution in [3.63, 3.8) is 0 Å². The number of nitrogens with zero attached hydrogens (tertiary/aromatic N) is 1. The second kappa shape index (κ2) is 5.50. The molecular weight excluding hydrogens is 230 g/mol. The van der Waals surface area contributed by atoms with Gasteiger partial charge in [0.25, 0.3) is 0 Å². The Morgan fingerprint density at radius 3 is 3.12 bits per heavy atom. The minimum atomic E-state index is 0.211. The van der Waals surface area contributed by atoms with Crippen molar-refractivity contribution in [3.05, 3.63) is 28.0 Å². The number of likely N-dealkylation sites (tertiary alicyclic amines) is 1. The minimum Gasteiger partial charge on any atom is -0.336 e. The molecule has 1 atom stereocenters. The summed E-state index contributed by atoms with van der Waals surface area (Å²) in [6, 6.07) is 4.51. The summed E-state index contributed by atoms with van der Waals surface area (Å²) in [7, 11) is 0. The quantitative estimate of drug-likeness (QED) is 0.750. The molecule has 3 heteroatoms. The van der Waals surface area contributed by atoms with Gasteiger partial charge in [-0.15, -0.1) is 11.3 Å². The summed E-state index contributed by atoms with van der Waals surface area (Å²) in [5, 5.41) is 2.04. The fourth-order valence-electron chi connectivity index (χ4n) is 2.40. The van der Waals surface area contributed by atoms with Crippen molar-refractivity contribution in [2.24, 2.45) is 0 Å². The van der Waals surface area contributed by atoms with E-state index in [1.807, 2.05) is 35.4 Å². The second-order valence-electron chi connectivity index (χ2n) is 4.55. The molecule has 0 saturated carbocycles. The molecule has 1 aliphatic rings. The van der Waals surface area contributed by atoms with Crippen LogP contribution in [0.3, 0.4) is 0 Å². The van der Waals surface area contributed by atoms with Crippen LogP contribution >= 0.6 is 11.3 Å². The van der Waals surface area contributed by atoms with Gasteiger partial charge in [0.15, 0.2) is 0 Å². The van der Waals surface area contributed by atoms with E-state index >= 15 is 0 Å². The number of carbonyl (C=O) groups excluding carboxylic acids is 1. The van der Waals surface area contributed by atoms with Gasteiger partial charge in [-0.3, -0.25) is 4.79 Å². The highest BCUT2D eigenvalue weighted by atomic mass is 32.1. The van der Waals surface area contributed by atoms with Gasteiger partial charge in [0, 0.05) is 23.0 Å². The van der Waals surface area contributed by atoms with Crippen molar-refractivity contribution < 1.29 is 4.79 Å². The average Bonchev–Trinajstić information content (AvgIpc) is 2.97. The maximum Gasteiger partial charge on any atom is 0.249 e. The SMILES string of the molecule is CCC1CCCN1C(=O)/C(C)=C/c1cccs1. The monoisotopic (exact) mass is 249 g/mol. The van der Waals surface area contributed by atoms with Crippen molar-refractivity contribution in [2.45, 2.75) is 39.2 Å². The van der Waals surface area contributed by atoms with E-state index in [4.69, 9.17) is 0 Å². The first-order valence-electron chi connectivity index (χ1n) is 6.25. The molecule has 0 N–H and O–H groups in total.